The maximum Gasteiger partial charge on any atom is 0.395 e. The highest BCUT2D eigenvalue weighted by atomic mass is 19.4. The highest BCUT2D eigenvalue weighted by molar-refractivity contribution is 5.92. The summed E-state index contributed by atoms with van der Waals surface area (Å²) in [5, 5.41) is 2.52. The quantitative estimate of drug-likeness (QED) is 0.913. The molecular formula is C15H17F3N2O2. The molecule has 1 amide bonds. The number of fused-ring (bicyclic) bond motifs is 2. The number of pyridine rings is 1. The summed E-state index contributed by atoms with van der Waals surface area (Å²) < 4.78 is 45.0. The summed E-state index contributed by atoms with van der Waals surface area (Å²) in [6.07, 6.45) is -5.12. The van der Waals surface area contributed by atoms with Crippen LogP contribution in [-0.2, 0) is 9.53 Å². The summed E-state index contributed by atoms with van der Waals surface area (Å²) in [6.45, 7) is 3.60. The van der Waals surface area contributed by atoms with Crippen LogP contribution in [0, 0.1) is 25.7 Å². The van der Waals surface area contributed by atoms with Gasteiger partial charge in [0.05, 0.1) is 24.0 Å². The lowest BCUT2D eigenvalue weighted by Crippen LogP contribution is -2.44. The van der Waals surface area contributed by atoms with E-state index in [1.54, 1.807) is 13.0 Å². The van der Waals surface area contributed by atoms with E-state index in [2.05, 4.69) is 10.3 Å². The molecule has 2 saturated heterocycles. The predicted molar refractivity (Wildman–Crippen MR) is 73.3 cm³/mol. The van der Waals surface area contributed by atoms with Crippen LogP contribution < -0.4 is 5.32 Å². The van der Waals surface area contributed by atoms with Gasteiger partial charge in [-0.2, -0.15) is 13.2 Å². The number of aryl methyl sites for hydroxylation is 2. The van der Waals surface area contributed by atoms with Gasteiger partial charge in [0.2, 0.25) is 5.91 Å². The number of hydrogen-bond donors (Lipinski definition) is 1. The Bertz CT molecular complexity index is 583. The van der Waals surface area contributed by atoms with E-state index in [0.717, 1.165) is 5.56 Å². The molecule has 1 N–H and O–H groups in total. The highest BCUT2D eigenvalue weighted by Crippen LogP contribution is 2.50. The smallest absolute Gasteiger partial charge is 0.373 e. The third-order valence-electron chi connectivity index (χ3n) is 4.30. The van der Waals surface area contributed by atoms with Crippen molar-refractivity contribution in [2.24, 2.45) is 11.8 Å². The Balaban J connectivity index is 1.81. The Hall–Kier alpha value is -1.63. The molecule has 2 bridgehead atoms. The molecule has 2 aliphatic heterocycles. The molecule has 2 fully saturated rings. The fourth-order valence-electron chi connectivity index (χ4n) is 3.54. The molecule has 0 saturated carbocycles. The minimum absolute atomic E-state index is 0.284. The Kier molecular flexibility index (Phi) is 3.63. The van der Waals surface area contributed by atoms with Crippen molar-refractivity contribution in [2.45, 2.75) is 45.1 Å². The van der Waals surface area contributed by atoms with Crippen LogP contribution in [0.5, 0.6) is 0 Å². The molecule has 3 rings (SSSR count). The lowest BCUT2D eigenvalue weighted by atomic mass is 9.78. The number of rotatable bonds is 2. The van der Waals surface area contributed by atoms with E-state index in [0.29, 0.717) is 18.5 Å². The van der Waals surface area contributed by atoms with Gasteiger partial charge in [0, 0.05) is 5.69 Å². The van der Waals surface area contributed by atoms with Gasteiger partial charge in [0.15, 0.2) is 0 Å². The SMILES string of the molecule is Cc1cc(C)nc(NC(=O)C2C3CCC(O3)C2C(F)(F)F)c1. The Labute approximate surface area is 126 Å². The van der Waals surface area contributed by atoms with E-state index < -0.39 is 36.1 Å². The first-order valence-electron chi connectivity index (χ1n) is 7.24. The summed E-state index contributed by atoms with van der Waals surface area (Å²) in [7, 11) is 0. The van der Waals surface area contributed by atoms with E-state index in [-0.39, 0.29) is 5.82 Å². The number of carbonyl (C=O) groups is 1. The summed E-state index contributed by atoms with van der Waals surface area (Å²) in [5.41, 5.74) is 1.59. The van der Waals surface area contributed by atoms with Crippen LogP contribution in [0.25, 0.3) is 0 Å². The third-order valence-corrected chi connectivity index (χ3v) is 4.30. The van der Waals surface area contributed by atoms with Gasteiger partial charge in [-0.05, 0) is 44.4 Å². The number of amides is 1. The molecule has 0 aliphatic carbocycles. The van der Waals surface area contributed by atoms with Crippen molar-refractivity contribution in [1.29, 1.82) is 0 Å². The molecule has 0 spiro atoms. The number of nitrogens with one attached hydrogen (secondary N) is 1. The summed E-state index contributed by atoms with van der Waals surface area (Å²) in [5.74, 6) is -3.29. The molecule has 2 aliphatic rings. The first-order valence-corrected chi connectivity index (χ1v) is 7.24. The molecule has 1 aromatic heterocycles. The van der Waals surface area contributed by atoms with Crippen molar-refractivity contribution in [1.82, 2.24) is 4.98 Å². The molecule has 0 aromatic carbocycles. The molecule has 4 nitrogen and oxygen atoms in total. The summed E-state index contributed by atoms with van der Waals surface area (Å²) in [4.78, 5) is 16.5. The van der Waals surface area contributed by atoms with E-state index in [1.165, 1.54) is 0 Å². The van der Waals surface area contributed by atoms with Crippen LogP contribution in [0.1, 0.15) is 24.1 Å². The first-order chi connectivity index (χ1) is 10.3. The molecule has 0 radical (unpaired) electrons. The standard InChI is InChI=1S/C15H17F3N2O2/c1-7-5-8(2)19-11(6-7)20-14(21)12-9-3-4-10(22-9)13(12)15(16,17)18/h5-6,9-10,12-13H,3-4H2,1-2H3,(H,19,20,21). The fraction of sp³-hybridized carbons (Fsp3) is 0.600. The van der Waals surface area contributed by atoms with Crippen LogP contribution in [0.4, 0.5) is 19.0 Å². The number of hydrogen-bond acceptors (Lipinski definition) is 3. The monoisotopic (exact) mass is 314 g/mol. The lowest BCUT2D eigenvalue weighted by Gasteiger charge is -2.28. The van der Waals surface area contributed by atoms with E-state index in [1.807, 2.05) is 13.0 Å². The van der Waals surface area contributed by atoms with Crippen LogP contribution in [0.3, 0.4) is 0 Å². The Morgan fingerprint density at radius 2 is 1.95 bits per heavy atom. The van der Waals surface area contributed by atoms with Crippen LogP contribution in [0.15, 0.2) is 12.1 Å². The lowest BCUT2D eigenvalue weighted by molar-refractivity contribution is -0.196. The van der Waals surface area contributed by atoms with Crippen molar-refractivity contribution in [3.63, 3.8) is 0 Å². The summed E-state index contributed by atoms with van der Waals surface area (Å²) >= 11 is 0. The van der Waals surface area contributed by atoms with Crippen molar-refractivity contribution in [3.8, 4) is 0 Å². The van der Waals surface area contributed by atoms with Gasteiger partial charge in [-0.15, -0.1) is 0 Å². The highest BCUT2D eigenvalue weighted by Gasteiger charge is 2.62. The number of anilines is 1. The van der Waals surface area contributed by atoms with Gasteiger partial charge >= 0.3 is 6.18 Å². The van der Waals surface area contributed by atoms with Gasteiger partial charge in [0.25, 0.3) is 0 Å². The largest absolute Gasteiger partial charge is 0.395 e. The maximum atomic E-state index is 13.2. The van der Waals surface area contributed by atoms with Crippen LogP contribution in [-0.4, -0.2) is 29.3 Å². The van der Waals surface area contributed by atoms with Crippen LogP contribution >= 0.6 is 0 Å². The molecule has 3 heterocycles. The van der Waals surface area contributed by atoms with Gasteiger partial charge < -0.3 is 10.1 Å². The minimum atomic E-state index is -4.43. The molecule has 22 heavy (non-hydrogen) atoms. The van der Waals surface area contributed by atoms with Crippen molar-refractivity contribution in [2.75, 3.05) is 5.32 Å². The van der Waals surface area contributed by atoms with E-state index >= 15 is 0 Å². The zero-order valence-electron chi connectivity index (χ0n) is 12.3. The zero-order chi connectivity index (χ0) is 16.1. The third kappa shape index (κ3) is 2.69. The maximum absolute atomic E-state index is 13.2. The fourth-order valence-corrected chi connectivity index (χ4v) is 3.54. The second kappa shape index (κ2) is 5.22. The average molecular weight is 314 g/mol. The number of nitrogens with zero attached hydrogens (tertiary/aromatic N) is 1. The second-order valence-electron chi connectivity index (χ2n) is 6.04. The molecule has 7 heteroatoms. The number of halogens is 3. The average Bonchev–Trinajstić information content (AvgIpc) is 2.96. The van der Waals surface area contributed by atoms with Gasteiger partial charge in [-0.1, -0.05) is 0 Å². The zero-order valence-corrected chi connectivity index (χ0v) is 12.3. The van der Waals surface area contributed by atoms with Crippen molar-refractivity contribution >= 4 is 11.7 Å². The van der Waals surface area contributed by atoms with E-state index in [4.69, 9.17) is 4.74 Å². The topological polar surface area (TPSA) is 51.2 Å². The second-order valence-corrected chi connectivity index (χ2v) is 6.04. The minimum Gasteiger partial charge on any atom is -0.373 e. The molecule has 4 atom stereocenters. The van der Waals surface area contributed by atoms with Gasteiger partial charge in [0.1, 0.15) is 5.82 Å². The van der Waals surface area contributed by atoms with Crippen LogP contribution in [0.2, 0.25) is 0 Å². The number of aromatic nitrogens is 1. The number of ether oxygens (including phenoxy) is 1. The Morgan fingerprint density at radius 3 is 2.59 bits per heavy atom. The van der Waals surface area contributed by atoms with Gasteiger partial charge in [-0.25, -0.2) is 4.98 Å². The first kappa shape index (κ1) is 15.3. The van der Waals surface area contributed by atoms with Gasteiger partial charge in [-0.3, -0.25) is 4.79 Å². The van der Waals surface area contributed by atoms with Crippen molar-refractivity contribution in [3.05, 3.63) is 23.4 Å². The van der Waals surface area contributed by atoms with Crippen molar-refractivity contribution < 1.29 is 22.7 Å². The predicted octanol–water partition coefficient (Wildman–Crippen LogP) is 2.99. The normalized spacial score (nSPS) is 30.6. The number of carbonyl (C=O) groups excluding carboxylic acids is 1. The molecule has 1 aromatic rings. The van der Waals surface area contributed by atoms with E-state index in [9.17, 15) is 18.0 Å². The Morgan fingerprint density at radius 1 is 1.27 bits per heavy atom. The number of alkyl halides is 3. The molecule has 120 valence electrons. The summed E-state index contributed by atoms with van der Waals surface area (Å²) in [6, 6.07) is 3.47. The molecule has 4 unspecified atom stereocenters. The molecular weight excluding hydrogens is 297 g/mol.